The second kappa shape index (κ2) is 10.6. The fourth-order valence-corrected chi connectivity index (χ4v) is 2.97. The molecule has 0 aliphatic carbocycles. The highest BCUT2D eigenvalue weighted by Gasteiger charge is 2.17. The summed E-state index contributed by atoms with van der Waals surface area (Å²) in [6, 6.07) is 12.6. The van der Waals surface area contributed by atoms with Crippen molar-refractivity contribution in [2.75, 3.05) is 27.6 Å². The van der Waals surface area contributed by atoms with Crippen LogP contribution in [0.3, 0.4) is 0 Å². The molecule has 1 unspecified atom stereocenters. The minimum Gasteiger partial charge on any atom is -0.496 e. The lowest BCUT2D eigenvalue weighted by molar-refractivity contribution is -0.105. The Hall–Kier alpha value is -2.83. The van der Waals surface area contributed by atoms with Gasteiger partial charge in [-0.15, -0.1) is 0 Å². The largest absolute Gasteiger partial charge is 0.496 e. The quantitative estimate of drug-likeness (QED) is 0.353. The van der Waals surface area contributed by atoms with Crippen molar-refractivity contribution in [3.63, 3.8) is 0 Å². The molecule has 0 bridgehead atoms. The third-order valence-corrected chi connectivity index (χ3v) is 4.49. The van der Waals surface area contributed by atoms with E-state index in [9.17, 15) is 4.79 Å². The van der Waals surface area contributed by atoms with Crippen LogP contribution in [0.2, 0.25) is 0 Å². The average Bonchev–Trinajstić information content (AvgIpc) is 2.77. The van der Waals surface area contributed by atoms with Crippen LogP contribution >= 0.6 is 0 Å². The molecule has 6 nitrogen and oxygen atoms in total. The van der Waals surface area contributed by atoms with Crippen molar-refractivity contribution in [1.29, 1.82) is 0 Å². The van der Waals surface area contributed by atoms with Gasteiger partial charge in [0.25, 0.3) is 0 Å². The molecule has 154 valence electrons. The Balaban J connectivity index is 1.65. The number of carbonyl (C=O) groups excluding carboxylic acids is 1. The van der Waals surface area contributed by atoms with Crippen LogP contribution in [0.4, 0.5) is 0 Å². The smallest absolute Gasteiger partial charge is 0.199 e. The van der Waals surface area contributed by atoms with E-state index in [-0.39, 0.29) is 18.9 Å². The van der Waals surface area contributed by atoms with Gasteiger partial charge in [0.15, 0.2) is 18.9 Å². The lowest BCUT2D eigenvalue weighted by Crippen LogP contribution is -2.25. The van der Waals surface area contributed by atoms with Gasteiger partial charge in [0.1, 0.15) is 17.2 Å². The highest BCUT2D eigenvalue weighted by Crippen LogP contribution is 2.28. The van der Waals surface area contributed by atoms with Gasteiger partial charge in [0.2, 0.25) is 0 Å². The Morgan fingerprint density at radius 1 is 1.10 bits per heavy atom. The summed E-state index contributed by atoms with van der Waals surface area (Å²) in [6.07, 6.45) is 6.04. The van der Waals surface area contributed by atoms with Gasteiger partial charge in [-0.05, 0) is 48.7 Å². The summed E-state index contributed by atoms with van der Waals surface area (Å²) in [6.45, 7) is 0.905. The van der Waals surface area contributed by atoms with Crippen molar-refractivity contribution in [3.05, 3.63) is 59.7 Å². The summed E-state index contributed by atoms with van der Waals surface area (Å²) in [5, 5.41) is 0. The van der Waals surface area contributed by atoms with E-state index in [0.29, 0.717) is 29.4 Å². The van der Waals surface area contributed by atoms with Crippen LogP contribution < -0.4 is 14.2 Å². The molecule has 0 amide bonds. The van der Waals surface area contributed by atoms with Gasteiger partial charge in [-0.1, -0.05) is 18.2 Å². The van der Waals surface area contributed by atoms with Crippen molar-refractivity contribution in [3.8, 4) is 17.2 Å². The topological polar surface area (TPSA) is 63.2 Å². The molecule has 0 N–H and O–H groups in total. The zero-order valence-corrected chi connectivity index (χ0v) is 16.8. The molecule has 29 heavy (non-hydrogen) atoms. The SMILES string of the molecule is COCOc1ccc(/C=C/C(=O)c2ccc(OC3CCCCO3)cc2OC)cc1. The van der Waals surface area contributed by atoms with Gasteiger partial charge in [0.05, 0.1) is 19.3 Å². The Labute approximate surface area is 171 Å². The van der Waals surface area contributed by atoms with Crippen LogP contribution in [0.15, 0.2) is 48.5 Å². The minimum absolute atomic E-state index is 0.151. The summed E-state index contributed by atoms with van der Waals surface area (Å²) >= 11 is 0. The van der Waals surface area contributed by atoms with E-state index in [2.05, 4.69) is 0 Å². The fraction of sp³-hybridized carbons (Fsp3) is 0.348. The van der Waals surface area contributed by atoms with Crippen LogP contribution in [0.5, 0.6) is 17.2 Å². The van der Waals surface area contributed by atoms with E-state index < -0.39 is 0 Å². The van der Waals surface area contributed by atoms with E-state index in [4.69, 9.17) is 23.7 Å². The first-order valence-corrected chi connectivity index (χ1v) is 9.60. The van der Waals surface area contributed by atoms with Crippen LogP contribution in [0, 0.1) is 0 Å². The van der Waals surface area contributed by atoms with Gasteiger partial charge in [-0.2, -0.15) is 0 Å². The molecule has 1 fully saturated rings. The fourth-order valence-electron chi connectivity index (χ4n) is 2.97. The molecular weight excluding hydrogens is 372 g/mol. The molecule has 6 heteroatoms. The number of allylic oxidation sites excluding steroid dienone is 1. The van der Waals surface area contributed by atoms with Crippen molar-refractivity contribution in [2.45, 2.75) is 25.6 Å². The highest BCUT2D eigenvalue weighted by molar-refractivity contribution is 6.08. The molecule has 1 aliphatic rings. The van der Waals surface area contributed by atoms with Gasteiger partial charge in [-0.3, -0.25) is 4.79 Å². The first-order chi connectivity index (χ1) is 14.2. The van der Waals surface area contributed by atoms with Crippen LogP contribution in [-0.2, 0) is 9.47 Å². The first-order valence-electron chi connectivity index (χ1n) is 9.60. The molecule has 3 rings (SSSR count). The third-order valence-electron chi connectivity index (χ3n) is 4.49. The highest BCUT2D eigenvalue weighted by atomic mass is 16.7. The number of methoxy groups -OCH3 is 2. The van der Waals surface area contributed by atoms with E-state index >= 15 is 0 Å². The molecule has 1 atom stereocenters. The van der Waals surface area contributed by atoms with Crippen LogP contribution in [0.1, 0.15) is 35.2 Å². The van der Waals surface area contributed by atoms with Gasteiger partial charge >= 0.3 is 0 Å². The van der Waals surface area contributed by atoms with Crippen molar-refractivity contribution in [2.24, 2.45) is 0 Å². The second-order valence-electron chi connectivity index (χ2n) is 6.59. The molecule has 0 radical (unpaired) electrons. The number of hydrogen-bond acceptors (Lipinski definition) is 6. The van der Waals surface area contributed by atoms with Crippen molar-refractivity contribution in [1.82, 2.24) is 0 Å². The Morgan fingerprint density at radius 3 is 2.59 bits per heavy atom. The first kappa shape index (κ1) is 20.9. The molecule has 1 heterocycles. The molecule has 0 spiro atoms. The van der Waals surface area contributed by atoms with E-state index in [1.807, 2.05) is 24.3 Å². The Kier molecular flexibility index (Phi) is 7.67. The average molecular weight is 398 g/mol. The maximum Gasteiger partial charge on any atom is 0.199 e. The molecular formula is C23H26O6. The summed E-state index contributed by atoms with van der Waals surface area (Å²) < 4.78 is 27.1. The molecule has 0 saturated carbocycles. The van der Waals surface area contributed by atoms with Gasteiger partial charge < -0.3 is 23.7 Å². The molecule has 0 aromatic heterocycles. The normalized spacial score (nSPS) is 16.6. The van der Waals surface area contributed by atoms with Gasteiger partial charge in [0, 0.05) is 19.6 Å². The van der Waals surface area contributed by atoms with Crippen molar-refractivity contribution >= 4 is 11.9 Å². The minimum atomic E-state index is -0.245. The molecule has 2 aromatic rings. The monoisotopic (exact) mass is 398 g/mol. The number of hydrogen-bond donors (Lipinski definition) is 0. The Morgan fingerprint density at radius 2 is 1.90 bits per heavy atom. The lowest BCUT2D eigenvalue weighted by atomic mass is 10.1. The number of carbonyl (C=O) groups is 1. The summed E-state index contributed by atoms with van der Waals surface area (Å²) in [5.41, 5.74) is 1.36. The number of ketones is 1. The van der Waals surface area contributed by atoms with E-state index in [1.54, 1.807) is 31.4 Å². The lowest BCUT2D eigenvalue weighted by Gasteiger charge is -2.23. The Bertz CT molecular complexity index is 822. The molecule has 1 aliphatic heterocycles. The number of ether oxygens (including phenoxy) is 5. The summed E-state index contributed by atoms with van der Waals surface area (Å²) in [5.74, 6) is 1.65. The predicted octanol–water partition coefficient (Wildman–Crippen LogP) is 4.48. The predicted molar refractivity (Wildman–Crippen MR) is 110 cm³/mol. The maximum absolute atomic E-state index is 12.6. The third kappa shape index (κ3) is 6.07. The van der Waals surface area contributed by atoms with E-state index in [0.717, 1.165) is 24.8 Å². The van der Waals surface area contributed by atoms with Crippen molar-refractivity contribution < 1.29 is 28.5 Å². The van der Waals surface area contributed by atoms with E-state index in [1.165, 1.54) is 13.2 Å². The van der Waals surface area contributed by atoms with Crippen LogP contribution in [0.25, 0.3) is 6.08 Å². The molecule has 1 saturated heterocycles. The number of benzene rings is 2. The standard InChI is InChI=1S/C23H26O6/c1-25-16-28-18-9-6-17(7-10-18)8-13-21(24)20-12-11-19(15-22(20)26-2)29-23-5-3-4-14-27-23/h6-13,15,23H,3-5,14,16H2,1-2H3/b13-8+. The second-order valence-corrected chi connectivity index (χ2v) is 6.59. The zero-order valence-electron chi connectivity index (χ0n) is 16.8. The number of rotatable bonds is 9. The zero-order chi connectivity index (χ0) is 20.5. The molecule has 2 aromatic carbocycles. The summed E-state index contributed by atoms with van der Waals surface area (Å²) in [4.78, 5) is 12.6. The maximum atomic E-state index is 12.6. The van der Waals surface area contributed by atoms with Gasteiger partial charge in [-0.25, -0.2) is 0 Å². The summed E-state index contributed by atoms with van der Waals surface area (Å²) in [7, 11) is 3.11. The van der Waals surface area contributed by atoms with Crippen LogP contribution in [-0.4, -0.2) is 39.7 Å².